The van der Waals surface area contributed by atoms with Crippen LogP contribution in [0.1, 0.15) is 6.42 Å². The molecule has 0 unspecified atom stereocenters. The van der Waals surface area contributed by atoms with Gasteiger partial charge in [-0.25, -0.2) is 12.7 Å². The van der Waals surface area contributed by atoms with Gasteiger partial charge >= 0.3 is 0 Å². The van der Waals surface area contributed by atoms with Crippen molar-refractivity contribution in [3.05, 3.63) is 11.6 Å². The van der Waals surface area contributed by atoms with Crippen LogP contribution in [0.3, 0.4) is 0 Å². The van der Waals surface area contributed by atoms with Gasteiger partial charge in [-0.15, -0.1) is 0 Å². The third-order valence-corrected chi connectivity index (χ3v) is 3.95. The molecule has 1 aliphatic heterocycles. The van der Waals surface area contributed by atoms with E-state index in [1.165, 1.54) is 16.1 Å². The molecule has 1 saturated heterocycles. The Labute approximate surface area is 96.5 Å². The average Bonchev–Trinajstić information content (AvgIpc) is 2.38. The number of sulfonamides is 1. The van der Waals surface area contributed by atoms with Gasteiger partial charge in [0.25, 0.3) is 0 Å². The first kappa shape index (κ1) is 13.0. The van der Waals surface area contributed by atoms with E-state index in [2.05, 4.69) is 4.90 Å². The minimum atomic E-state index is -3.03. The van der Waals surface area contributed by atoms with Crippen LogP contribution in [0.5, 0.6) is 0 Å². The van der Waals surface area contributed by atoms with Crippen molar-refractivity contribution in [1.29, 1.82) is 0 Å². The minimum absolute atomic E-state index is 0.578. The second-order valence-electron chi connectivity index (χ2n) is 3.68. The summed E-state index contributed by atoms with van der Waals surface area (Å²) in [5.41, 5.74) is 1.50. The maximum Gasteiger partial charge on any atom is 0.211 e. The zero-order chi connectivity index (χ0) is 11.3. The van der Waals surface area contributed by atoms with Gasteiger partial charge in [0.2, 0.25) is 10.0 Å². The van der Waals surface area contributed by atoms with Gasteiger partial charge in [-0.1, -0.05) is 17.7 Å². The Hall–Kier alpha value is -0.100. The summed E-state index contributed by atoms with van der Waals surface area (Å²) in [6.45, 7) is 3.69. The molecule has 88 valence electrons. The molecule has 0 aliphatic carbocycles. The van der Waals surface area contributed by atoms with Crippen molar-refractivity contribution in [2.24, 2.45) is 0 Å². The summed E-state index contributed by atoms with van der Waals surface area (Å²) in [7, 11) is -3.03. The molecule has 4 nitrogen and oxygen atoms in total. The van der Waals surface area contributed by atoms with Crippen molar-refractivity contribution in [1.82, 2.24) is 9.21 Å². The van der Waals surface area contributed by atoms with E-state index in [-0.39, 0.29) is 0 Å². The quantitative estimate of drug-likeness (QED) is 0.743. The normalized spacial score (nSPS) is 22.0. The van der Waals surface area contributed by atoms with Crippen LogP contribution in [-0.4, -0.2) is 56.6 Å². The van der Waals surface area contributed by atoms with Gasteiger partial charge in [0.1, 0.15) is 0 Å². The third-order valence-electron chi connectivity index (χ3n) is 2.47. The Bertz CT molecular complexity index is 316. The predicted octanol–water partition coefficient (Wildman–Crippen LogP) is 0.706. The highest BCUT2D eigenvalue weighted by molar-refractivity contribution is 7.88. The molecule has 0 spiro atoms. The summed E-state index contributed by atoms with van der Waals surface area (Å²) >= 11 is 5.45. The minimum Gasteiger partial charge on any atom is -0.298 e. The Morgan fingerprint density at radius 3 is 2.60 bits per heavy atom. The maximum absolute atomic E-state index is 11.3. The Morgan fingerprint density at radius 1 is 1.27 bits per heavy atom. The van der Waals surface area contributed by atoms with Crippen molar-refractivity contribution in [2.45, 2.75) is 6.42 Å². The SMILES string of the molecule is CS(=O)(=O)N1CCCN(CC=CCl)CC1. The van der Waals surface area contributed by atoms with E-state index in [0.717, 1.165) is 26.1 Å². The lowest BCUT2D eigenvalue weighted by Gasteiger charge is -2.18. The molecule has 0 aromatic heterocycles. The van der Waals surface area contributed by atoms with E-state index in [1.807, 2.05) is 6.08 Å². The van der Waals surface area contributed by atoms with Crippen LogP contribution >= 0.6 is 11.6 Å². The lowest BCUT2D eigenvalue weighted by atomic mass is 10.4. The highest BCUT2D eigenvalue weighted by atomic mass is 35.5. The van der Waals surface area contributed by atoms with Gasteiger partial charge in [-0.3, -0.25) is 4.90 Å². The fourth-order valence-electron chi connectivity index (χ4n) is 1.65. The largest absolute Gasteiger partial charge is 0.298 e. The highest BCUT2D eigenvalue weighted by Gasteiger charge is 2.20. The molecule has 15 heavy (non-hydrogen) atoms. The summed E-state index contributed by atoms with van der Waals surface area (Å²) in [4.78, 5) is 2.20. The van der Waals surface area contributed by atoms with E-state index >= 15 is 0 Å². The molecule has 0 N–H and O–H groups in total. The fraction of sp³-hybridized carbons (Fsp3) is 0.778. The second-order valence-corrected chi connectivity index (χ2v) is 5.91. The summed E-state index contributed by atoms with van der Waals surface area (Å²) in [6, 6.07) is 0. The summed E-state index contributed by atoms with van der Waals surface area (Å²) < 4.78 is 24.2. The molecule has 1 heterocycles. The van der Waals surface area contributed by atoms with E-state index in [1.54, 1.807) is 0 Å². The van der Waals surface area contributed by atoms with Crippen LogP contribution in [0.2, 0.25) is 0 Å². The van der Waals surface area contributed by atoms with E-state index in [0.29, 0.717) is 13.1 Å². The number of rotatable bonds is 3. The first-order valence-electron chi connectivity index (χ1n) is 4.97. The molecule has 0 saturated carbocycles. The Kier molecular flexibility index (Phi) is 5.05. The van der Waals surface area contributed by atoms with Crippen molar-refractivity contribution in [3.63, 3.8) is 0 Å². The van der Waals surface area contributed by atoms with Crippen molar-refractivity contribution >= 4 is 21.6 Å². The van der Waals surface area contributed by atoms with Crippen LogP contribution in [0.25, 0.3) is 0 Å². The smallest absolute Gasteiger partial charge is 0.211 e. The molecular weight excluding hydrogens is 236 g/mol. The standard InChI is InChI=1S/C9H17ClN2O2S/c1-15(13,14)12-7-3-6-11(8-9-12)5-2-4-10/h2,4H,3,5-9H2,1H3. The Balaban J connectivity index is 2.49. The topological polar surface area (TPSA) is 40.6 Å². The van der Waals surface area contributed by atoms with Gasteiger partial charge in [0.05, 0.1) is 6.26 Å². The van der Waals surface area contributed by atoms with E-state index in [9.17, 15) is 8.42 Å². The van der Waals surface area contributed by atoms with Gasteiger partial charge in [0, 0.05) is 31.7 Å². The second kappa shape index (κ2) is 5.84. The van der Waals surface area contributed by atoms with Crippen LogP contribution in [-0.2, 0) is 10.0 Å². The van der Waals surface area contributed by atoms with Crippen LogP contribution in [0.15, 0.2) is 11.6 Å². The van der Waals surface area contributed by atoms with Gasteiger partial charge in [-0.05, 0) is 13.0 Å². The monoisotopic (exact) mass is 252 g/mol. The van der Waals surface area contributed by atoms with Gasteiger partial charge in [0.15, 0.2) is 0 Å². The number of hydrogen-bond acceptors (Lipinski definition) is 3. The molecule has 1 rings (SSSR count). The van der Waals surface area contributed by atoms with Crippen molar-refractivity contribution in [3.8, 4) is 0 Å². The van der Waals surface area contributed by atoms with E-state index < -0.39 is 10.0 Å². The first-order valence-corrected chi connectivity index (χ1v) is 7.25. The van der Waals surface area contributed by atoms with Gasteiger partial charge < -0.3 is 0 Å². The first-order chi connectivity index (χ1) is 7.04. The van der Waals surface area contributed by atoms with Crippen LogP contribution in [0, 0.1) is 0 Å². The third kappa shape index (κ3) is 4.51. The van der Waals surface area contributed by atoms with Gasteiger partial charge in [-0.2, -0.15) is 0 Å². The summed E-state index contributed by atoms with van der Waals surface area (Å²) in [6.07, 6.45) is 4.02. The van der Waals surface area contributed by atoms with Crippen molar-refractivity contribution in [2.75, 3.05) is 39.0 Å². The lowest BCUT2D eigenvalue weighted by Crippen LogP contribution is -2.34. The molecule has 1 aliphatic rings. The van der Waals surface area contributed by atoms with Crippen LogP contribution in [0.4, 0.5) is 0 Å². The highest BCUT2D eigenvalue weighted by Crippen LogP contribution is 2.06. The molecule has 6 heteroatoms. The lowest BCUT2D eigenvalue weighted by molar-refractivity contribution is 0.316. The van der Waals surface area contributed by atoms with Crippen molar-refractivity contribution < 1.29 is 8.42 Å². The molecule has 0 aromatic rings. The fourth-order valence-corrected chi connectivity index (χ4v) is 2.60. The number of halogens is 1. The molecule has 0 radical (unpaired) electrons. The van der Waals surface area contributed by atoms with Crippen LogP contribution < -0.4 is 0 Å². The molecule has 0 atom stereocenters. The molecule has 0 aromatic carbocycles. The van der Waals surface area contributed by atoms with E-state index in [4.69, 9.17) is 11.6 Å². The zero-order valence-electron chi connectivity index (χ0n) is 8.89. The zero-order valence-corrected chi connectivity index (χ0v) is 10.5. The summed E-state index contributed by atoms with van der Waals surface area (Å²) in [5, 5.41) is 0. The Morgan fingerprint density at radius 2 is 2.00 bits per heavy atom. The molecule has 0 bridgehead atoms. The average molecular weight is 253 g/mol. The number of hydrogen-bond donors (Lipinski definition) is 0. The maximum atomic E-state index is 11.3. The predicted molar refractivity (Wildman–Crippen MR) is 62.5 cm³/mol. The molecule has 0 amide bonds. The molecular formula is C9H17ClN2O2S. The molecule has 1 fully saturated rings. The number of nitrogens with zero attached hydrogens (tertiary/aromatic N) is 2. The summed E-state index contributed by atoms with van der Waals surface area (Å²) in [5.74, 6) is 0.